The zero-order valence-corrected chi connectivity index (χ0v) is 11.6. The van der Waals surface area contributed by atoms with Crippen molar-refractivity contribution < 1.29 is 19.4 Å². The van der Waals surface area contributed by atoms with Crippen molar-refractivity contribution in [2.75, 3.05) is 0 Å². The first-order chi connectivity index (χ1) is 10.0. The summed E-state index contributed by atoms with van der Waals surface area (Å²) in [7, 11) is 0. The Balaban J connectivity index is 1.84. The molecule has 2 aromatic rings. The molecule has 5 heteroatoms. The van der Waals surface area contributed by atoms with Gasteiger partial charge in [0.15, 0.2) is 5.78 Å². The van der Waals surface area contributed by atoms with Gasteiger partial charge in [0.05, 0.1) is 12.0 Å². The molecule has 4 nitrogen and oxygen atoms in total. The molecule has 0 spiro atoms. The number of ketones is 1. The number of esters is 1. The van der Waals surface area contributed by atoms with Gasteiger partial charge in [-0.3, -0.25) is 4.79 Å². The molecule has 21 heavy (non-hydrogen) atoms. The van der Waals surface area contributed by atoms with E-state index in [2.05, 4.69) is 0 Å². The Labute approximate surface area is 125 Å². The van der Waals surface area contributed by atoms with E-state index in [1.165, 1.54) is 18.2 Å². The molecule has 1 aliphatic heterocycles. The van der Waals surface area contributed by atoms with Crippen LogP contribution in [0.5, 0.6) is 5.75 Å². The van der Waals surface area contributed by atoms with Crippen LogP contribution in [0.25, 0.3) is 0 Å². The molecule has 0 saturated heterocycles. The number of Topliss-reactive ketones (excluding diaryl/α,β-unsaturated/α-hetero) is 1. The third kappa shape index (κ3) is 2.62. The summed E-state index contributed by atoms with van der Waals surface area (Å²) in [5.74, 6) is -0.649. The van der Waals surface area contributed by atoms with E-state index in [1.54, 1.807) is 24.3 Å². The van der Waals surface area contributed by atoms with E-state index >= 15 is 0 Å². The first-order valence-corrected chi connectivity index (χ1v) is 6.75. The lowest BCUT2D eigenvalue weighted by Gasteiger charge is -2.10. The van der Waals surface area contributed by atoms with Crippen LogP contribution in [0.2, 0.25) is 5.02 Å². The topological polar surface area (TPSA) is 63.6 Å². The largest absolute Gasteiger partial charge is 0.508 e. The van der Waals surface area contributed by atoms with E-state index in [4.69, 9.17) is 16.3 Å². The minimum absolute atomic E-state index is 0.0245. The smallest absolute Gasteiger partial charge is 0.339 e. The third-order valence-corrected chi connectivity index (χ3v) is 3.61. The molecule has 1 aliphatic rings. The van der Waals surface area contributed by atoms with Crippen molar-refractivity contribution in [3.8, 4) is 5.75 Å². The van der Waals surface area contributed by atoms with Gasteiger partial charge in [0.2, 0.25) is 0 Å². The normalized spacial score (nSPS) is 16.4. The molecule has 0 aromatic heterocycles. The molecule has 1 N–H and O–H groups in total. The maximum atomic E-state index is 12.2. The highest BCUT2D eigenvalue weighted by Crippen LogP contribution is 2.35. The van der Waals surface area contributed by atoms with Crippen LogP contribution in [0.4, 0.5) is 0 Å². The van der Waals surface area contributed by atoms with Crippen molar-refractivity contribution in [1.29, 1.82) is 0 Å². The summed E-state index contributed by atoms with van der Waals surface area (Å²) in [6.45, 7) is 0. The number of cyclic esters (lactones) is 1. The Morgan fingerprint density at radius 3 is 2.81 bits per heavy atom. The minimum atomic E-state index is -0.611. The highest BCUT2D eigenvalue weighted by atomic mass is 35.5. The number of fused-ring (bicyclic) bond motifs is 1. The molecule has 1 heterocycles. The molecular formula is C16H11ClO4. The zero-order valence-electron chi connectivity index (χ0n) is 10.9. The van der Waals surface area contributed by atoms with Crippen molar-refractivity contribution >= 4 is 23.4 Å². The SMILES string of the molecule is O=C(CC1OC(=O)c2cc(Cl)ccc21)c1cccc(O)c1. The number of aromatic hydroxyl groups is 1. The van der Waals surface area contributed by atoms with E-state index in [9.17, 15) is 14.7 Å². The van der Waals surface area contributed by atoms with Gasteiger partial charge in [0.1, 0.15) is 11.9 Å². The maximum Gasteiger partial charge on any atom is 0.339 e. The second kappa shape index (κ2) is 5.22. The van der Waals surface area contributed by atoms with Gasteiger partial charge >= 0.3 is 5.97 Å². The number of ether oxygens (including phenoxy) is 1. The second-order valence-electron chi connectivity index (χ2n) is 4.80. The fraction of sp³-hybridized carbons (Fsp3) is 0.125. The molecule has 0 amide bonds. The lowest BCUT2D eigenvalue weighted by Crippen LogP contribution is -2.07. The standard InChI is InChI=1S/C16H11ClO4/c17-10-4-5-12-13(7-10)16(20)21-15(12)8-14(19)9-2-1-3-11(18)6-9/h1-7,15,18H,8H2. The summed E-state index contributed by atoms with van der Waals surface area (Å²) in [5, 5.41) is 9.85. The molecule has 0 saturated carbocycles. The van der Waals surface area contributed by atoms with Crippen molar-refractivity contribution in [3.63, 3.8) is 0 Å². The number of halogens is 1. The summed E-state index contributed by atoms with van der Waals surface area (Å²) >= 11 is 5.85. The highest BCUT2D eigenvalue weighted by Gasteiger charge is 2.32. The predicted molar refractivity (Wildman–Crippen MR) is 76.7 cm³/mol. The minimum Gasteiger partial charge on any atom is -0.508 e. The zero-order chi connectivity index (χ0) is 15.0. The van der Waals surface area contributed by atoms with Gasteiger partial charge in [0.25, 0.3) is 0 Å². The molecule has 106 valence electrons. The molecule has 1 unspecified atom stereocenters. The average Bonchev–Trinajstić information content (AvgIpc) is 2.75. The average molecular weight is 303 g/mol. The summed E-state index contributed by atoms with van der Waals surface area (Å²) in [5.41, 5.74) is 1.45. The fourth-order valence-corrected chi connectivity index (χ4v) is 2.53. The number of hydrogen-bond acceptors (Lipinski definition) is 4. The molecule has 0 bridgehead atoms. The second-order valence-corrected chi connectivity index (χ2v) is 5.24. The number of carbonyl (C=O) groups excluding carboxylic acids is 2. The molecule has 0 fully saturated rings. The molecule has 2 aromatic carbocycles. The van der Waals surface area contributed by atoms with E-state index in [0.717, 1.165) is 0 Å². The Kier molecular flexibility index (Phi) is 3.39. The van der Waals surface area contributed by atoms with Crippen LogP contribution in [0.3, 0.4) is 0 Å². The Morgan fingerprint density at radius 1 is 1.24 bits per heavy atom. The number of carbonyl (C=O) groups is 2. The van der Waals surface area contributed by atoms with Crippen LogP contribution in [-0.4, -0.2) is 16.9 Å². The predicted octanol–water partition coefficient (Wildman–Crippen LogP) is 3.53. The van der Waals surface area contributed by atoms with Gasteiger partial charge in [-0.1, -0.05) is 29.8 Å². The monoisotopic (exact) mass is 302 g/mol. The number of rotatable bonds is 3. The van der Waals surface area contributed by atoms with Crippen LogP contribution in [0.15, 0.2) is 42.5 Å². The number of benzene rings is 2. The molecule has 0 aliphatic carbocycles. The molecular weight excluding hydrogens is 292 g/mol. The summed E-state index contributed by atoms with van der Waals surface area (Å²) in [6.07, 6.45) is -0.580. The molecule has 0 radical (unpaired) electrons. The third-order valence-electron chi connectivity index (χ3n) is 3.37. The first-order valence-electron chi connectivity index (χ1n) is 6.37. The van der Waals surface area contributed by atoms with Crippen molar-refractivity contribution in [3.05, 3.63) is 64.2 Å². The Morgan fingerprint density at radius 2 is 2.05 bits per heavy atom. The van der Waals surface area contributed by atoms with Gasteiger partial charge in [-0.25, -0.2) is 4.79 Å². The van der Waals surface area contributed by atoms with Crippen LogP contribution in [-0.2, 0) is 4.74 Å². The number of phenolic OH excluding ortho intramolecular Hbond substituents is 1. The number of hydrogen-bond donors (Lipinski definition) is 1. The summed E-state index contributed by atoms with van der Waals surface area (Å²) < 4.78 is 5.23. The van der Waals surface area contributed by atoms with Gasteiger partial charge in [0, 0.05) is 16.1 Å². The highest BCUT2D eigenvalue weighted by molar-refractivity contribution is 6.31. The van der Waals surface area contributed by atoms with Gasteiger partial charge < -0.3 is 9.84 Å². The van der Waals surface area contributed by atoms with E-state index in [1.807, 2.05) is 0 Å². The fourth-order valence-electron chi connectivity index (χ4n) is 2.36. The number of phenols is 1. The van der Waals surface area contributed by atoms with Gasteiger partial charge in [-0.15, -0.1) is 0 Å². The van der Waals surface area contributed by atoms with E-state index in [-0.39, 0.29) is 18.0 Å². The van der Waals surface area contributed by atoms with Crippen molar-refractivity contribution in [2.24, 2.45) is 0 Å². The Bertz CT molecular complexity index is 739. The van der Waals surface area contributed by atoms with Crippen LogP contribution < -0.4 is 0 Å². The lowest BCUT2D eigenvalue weighted by atomic mass is 9.98. The maximum absolute atomic E-state index is 12.2. The Hall–Kier alpha value is -2.33. The summed E-state index contributed by atoms with van der Waals surface area (Å²) in [4.78, 5) is 24.0. The molecule has 3 rings (SSSR count). The van der Waals surface area contributed by atoms with Crippen molar-refractivity contribution in [2.45, 2.75) is 12.5 Å². The van der Waals surface area contributed by atoms with E-state index in [0.29, 0.717) is 21.7 Å². The quantitative estimate of drug-likeness (QED) is 0.696. The van der Waals surface area contributed by atoms with Crippen LogP contribution in [0, 0.1) is 0 Å². The van der Waals surface area contributed by atoms with E-state index < -0.39 is 12.1 Å². The lowest BCUT2D eigenvalue weighted by molar-refractivity contribution is 0.0367. The molecule has 1 atom stereocenters. The van der Waals surface area contributed by atoms with Gasteiger partial charge in [-0.2, -0.15) is 0 Å². The van der Waals surface area contributed by atoms with Crippen LogP contribution in [0.1, 0.15) is 38.8 Å². The summed E-state index contributed by atoms with van der Waals surface area (Å²) in [6, 6.07) is 11.0. The van der Waals surface area contributed by atoms with Crippen LogP contribution >= 0.6 is 11.6 Å². The van der Waals surface area contributed by atoms with Gasteiger partial charge in [-0.05, 0) is 24.3 Å². The van der Waals surface area contributed by atoms with Crippen molar-refractivity contribution in [1.82, 2.24) is 0 Å². The first kappa shape index (κ1) is 13.6.